The van der Waals surface area contributed by atoms with Gasteiger partial charge in [0, 0.05) is 51.9 Å². The summed E-state index contributed by atoms with van der Waals surface area (Å²) < 4.78 is 2.40. The molecule has 2 aromatic carbocycles. The number of hydrogen-bond acceptors (Lipinski definition) is 1. The predicted octanol–water partition coefficient (Wildman–Crippen LogP) is 3.47. The molecule has 2 N–H and O–H groups in total. The molecule has 0 spiro atoms. The van der Waals surface area contributed by atoms with Gasteiger partial charge in [0.2, 0.25) is 0 Å². The lowest BCUT2D eigenvalue weighted by atomic mass is 10.1. The molecule has 0 saturated carbocycles. The number of hydrogen-bond donors (Lipinski definition) is 1. The Hall–Kier alpha value is -2.65. The zero-order valence-corrected chi connectivity index (χ0v) is 13.9. The van der Waals surface area contributed by atoms with E-state index >= 15 is 0 Å². The van der Waals surface area contributed by atoms with Crippen molar-refractivity contribution in [1.82, 2.24) is 9.55 Å². The van der Waals surface area contributed by atoms with E-state index in [-0.39, 0.29) is 0 Å². The van der Waals surface area contributed by atoms with Gasteiger partial charge in [0.1, 0.15) is 13.1 Å². The van der Waals surface area contributed by atoms with Crippen molar-refractivity contribution in [2.24, 2.45) is 0 Å². The molecule has 0 atom stereocenters. The van der Waals surface area contributed by atoms with Crippen LogP contribution >= 0.6 is 0 Å². The van der Waals surface area contributed by atoms with Crippen molar-refractivity contribution >= 4 is 21.8 Å². The molecule has 0 unspecified atom stereocenters. The van der Waals surface area contributed by atoms with Gasteiger partial charge in [-0.1, -0.05) is 30.3 Å². The van der Waals surface area contributed by atoms with Crippen LogP contribution in [0.3, 0.4) is 0 Å². The Morgan fingerprint density at radius 1 is 0.875 bits per heavy atom. The van der Waals surface area contributed by atoms with Gasteiger partial charge in [-0.15, -0.1) is 0 Å². The SMILES string of the molecule is CCn1c2ccccc2c2cc(C[NH2+]Cc3cccnc3)ccc21. The van der Waals surface area contributed by atoms with Crippen LogP contribution < -0.4 is 5.32 Å². The van der Waals surface area contributed by atoms with Gasteiger partial charge in [0.25, 0.3) is 0 Å². The highest BCUT2D eigenvalue weighted by atomic mass is 15.0. The number of fused-ring (bicyclic) bond motifs is 3. The van der Waals surface area contributed by atoms with Crippen molar-refractivity contribution in [3.05, 3.63) is 78.1 Å². The Morgan fingerprint density at radius 3 is 2.54 bits per heavy atom. The van der Waals surface area contributed by atoms with Crippen molar-refractivity contribution in [1.29, 1.82) is 0 Å². The first-order chi connectivity index (χ1) is 11.9. The second-order valence-corrected chi connectivity index (χ2v) is 6.17. The molecule has 0 aliphatic heterocycles. The lowest BCUT2D eigenvalue weighted by molar-refractivity contribution is -0.686. The minimum Gasteiger partial charge on any atom is -0.341 e. The summed E-state index contributed by atoms with van der Waals surface area (Å²) in [5.74, 6) is 0. The molecule has 4 aromatic rings. The summed E-state index contributed by atoms with van der Waals surface area (Å²) in [6.07, 6.45) is 3.76. The summed E-state index contributed by atoms with van der Waals surface area (Å²) in [5.41, 5.74) is 5.28. The van der Waals surface area contributed by atoms with E-state index in [1.165, 1.54) is 32.9 Å². The van der Waals surface area contributed by atoms with Crippen LogP contribution in [0.15, 0.2) is 67.0 Å². The Bertz CT molecular complexity index is 970. The third kappa shape index (κ3) is 2.68. The van der Waals surface area contributed by atoms with Gasteiger partial charge in [-0.05, 0) is 31.2 Å². The average molecular weight is 316 g/mol. The van der Waals surface area contributed by atoms with Crippen LogP contribution in [0.5, 0.6) is 0 Å². The van der Waals surface area contributed by atoms with E-state index in [0.29, 0.717) is 0 Å². The van der Waals surface area contributed by atoms with Crippen molar-refractivity contribution in [3.63, 3.8) is 0 Å². The van der Waals surface area contributed by atoms with E-state index in [0.717, 1.165) is 19.6 Å². The molecular weight excluding hydrogens is 294 g/mol. The van der Waals surface area contributed by atoms with Gasteiger partial charge in [-0.3, -0.25) is 4.98 Å². The van der Waals surface area contributed by atoms with Crippen LogP contribution in [-0.2, 0) is 19.6 Å². The molecule has 3 nitrogen and oxygen atoms in total. The predicted molar refractivity (Wildman–Crippen MR) is 98.7 cm³/mol. The molecule has 0 aliphatic carbocycles. The van der Waals surface area contributed by atoms with Gasteiger partial charge in [-0.25, -0.2) is 0 Å². The third-order valence-corrected chi connectivity index (χ3v) is 4.64. The molecule has 4 rings (SSSR count). The highest BCUT2D eigenvalue weighted by Gasteiger charge is 2.10. The fraction of sp³-hybridized carbons (Fsp3) is 0.190. The zero-order valence-electron chi connectivity index (χ0n) is 13.9. The highest BCUT2D eigenvalue weighted by Crippen LogP contribution is 2.29. The largest absolute Gasteiger partial charge is 0.341 e. The van der Waals surface area contributed by atoms with Gasteiger partial charge in [0.15, 0.2) is 0 Å². The fourth-order valence-electron chi connectivity index (χ4n) is 3.49. The van der Waals surface area contributed by atoms with Crippen molar-refractivity contribution < 1.29 is 5.32 Å². The van der Waals surface area contributed by atoms with E-state index in [1.807, 2.05) is 18.5 Å². The van der Waals surface area contributed by atoms with Crippen LogP contribution in [0.1, 0.15) is 18.1 Å². The molecule has 0 saturated heterocycles. The summed E-state index contributed by atoms with van der Waals surface area (Å²) in [6.45, 7) is 5.15. The Morgan fingerprint density at radius 2 is 1.71 bits per heavy atom. The number of benzene rings is 2. The van der Waals surface area contributed by atoms with E-state index < -0.39 is 0 Å². The number of nitrogens with two attached hydrogens (primary N) is 1. The molecule has 0 amide bonds. The topological polar surface area (TPSA) is 34.4 Å². The second kappa shape index (κ2) is 6.46. The molecule has 0 fully saturated rings. The first-order valence-corrected chi connectivity index (χ1v) is 8.57. The van der Waals surface area contributed by atoms with Crippen molar-refractivity contribution in [3.8, 4) is 0 Å². The maximum absolute atomic E-state index is 4.17. The van der Waals surface area contributed by atoms with Crippen LogP contribution in [0.25, 0.3) is 21.8 Å². The maximum atomic E-state index is 4.17. The summed E-state index contributed by atoms with van der Waals surface area (Å²) in [5, 5.41) is 5.04. The van der Waals surface area contributed by atoms with Gasteiger partial charge < -0.3 is 9.88 Å². The van der Waals surface area contributed by atoms with E-state index in [1.54, 1.807) is 0 Å². The van der Waals surface area contributed by atoms with Crippen molar-refractivity contribution in [2.75, 3.05) is 0 Å². The highest BCUT2D eigenvalue weighted by molar-refractivity contribution is 6.08. The summed E-state index contributed by atoms with van der Waals surface area (Å²) in [7, 11) is 0. The van der Waals surface area contributed by atoms with Crippen LogP contribution in [0.4, 0.5) is 0 Å². The molecule has 2 aromatic heterocycles. The Balaban J connectivity index is 1.62. The lowest BCUT2D eigenvalue weighted by Gasteiger charge is -2.04. The molecule has 120 valence electrons. The maximum Gasteiger partial charge on any atom is 0.103 e. The second-order valence-electron chi connectivity index (χ2n) is 6.17. The third-order valence-electron chi connectivity index (χ3n) is 4.64. The minimum absolute atomic E-state index is 0.961. The van der Waals surface area contributed by atoms with Gasteiger partial charge in [0.05, 0.1) is 0 Å². The standard InChI is InChI=1S/C21H21N3/c1-2-24-20-8-4-3-7-18(20)19-12-16(9-10-21(19)24)13-23-15-17-6-5-11-22-14-17/h3-12,14,23H,2,13,15H2,1H3/p+1. The first kappa shape index (κ1) is 14.9. The summed E-state index contributed by atoms with van der Waals surface area (Å²) in [6, 6.07) is 19.7. The quantitative estimate of drug-likeness (QED) is 0.601. The van der Waals surface area contributed by atoms with Gasteiger partial charge in [-0.2, -0.15) is 0 Å². The zero-order chi connectivity index (χ0) is 16.4. The van der Waals surface area contributed by atoms with Gasteiger partial charge >= 0.3 is 0 Å². The first-order valence-electron chi connectivity index (χ1n) is 8.57. The molecule has 24 heavy (non-hydrogen) atoms. The van der Waals surface area contributed by atoms with Crippen LogP contribution in [-0.4, -0.2) is 9.55 Å². The molecule has 0 bridgehead atoms. The monoisotopic (exact) mass is 316 g/mol. The van der Waals surface area contributed by atoms with E-state index in [4.69, 9.17) is 0 Å². The molecule has 0 radical (unpaired) electrons. The number of aryl methyl sites for hydroxylation is 1. The number of quaternary nitrogens is 1. The summed E-state index contributed by atoms with van der Waals surface area (Å²) in [4.78, 5) is 4.17. The Labute approximate surface area is 142 Å². The van der Waals surface area contributed by atoms with Crippen LogP contribution in [0, 0.1) is 0 Å². The normalized spacial score (nSPS) is 11.4. The van der Waals surface area contributed by atoms with Crippen LogP contribution in [0.2, 0.25) is 0 Å². The number of para-hydroxylation sites is 1. The molecule has 3 heteroatoms. The van der Waals surface area contributed by atoms with Crippen molar-refractivity contribution in [2.45, 2.75) is 26.6 Å². The fourth-order valence-corrected chi connectivity index (χ4v) is 3.49. The van der Waals surface area contributed by atoms with E-state index in [2.05, 4.69) is 70.3 Å². The Kier molecular flexibility index (Phi) is 4.01. The number of rotatable bonds is 5. The average Bonchev–Trinajstić information content (AvgIpc) is 2.96. The minimum atomic E-state index is 0.961. The number of pyridine rings is 1. The smallest absolute Gasteiger partial charge is 0.103 e. The molecular formula is C21H22N3+. The van der Waals surface area contributed by atoms with E-state index in [9.17, 15) is 0 Å². The molecule has 0 aliphatic rings. The number of aromatic nitrogens is 2. The summed E-state index contributed by atoms with van der Waals surface area (Å²) >= 11 is 0. The number of nitrogens with zero attached hydrogens (tertiary/aromatic N) is 2. The molecule has 2 heterocycles. The lowest BCUT2D eigenvalue weighted by Crippen LogP contribution is -2.80.